The van der Waals surface area contributed by atoms with E-state index in [9.17, 15) is 9.90 Å². The quantitative estimate of drug-likeness (QED) is 0.191. The molecule has 1 aromatic heterocycles. The summed E-state index contributed by atoms with van der Waals surface area (Å²) in [6.07, 6.45) is 2.24. The van der Waals surface area contributed by atoms with Crippen molar-refractivity contribution in [2.45, 2.75) is 19.9 Å². The highest BCUT2D eigenvalue weighted by Crippen LogP contribution is 2.10. The summed E-state index contributed by atoms with van der Waals surface area (Å²) in [5, 5.41) is 22.6. The van der Waals surface area contributed by atoms with Gasteiger partial charge in [0, 0.05) is 32.2 Å². The molecule has 0 aliphatic rings. The van der Waals surface area contributed by atoms with Gasteiger partial charge in [0.1, 0.15) is 24.4 Å². The van der Waals surface area contributed by atoms with Gasteiger partial charge in [-0.05, 0) is 31.5 Å². The number of halogens is 1. The summed E-state index contributed by atoms with van der Waals surface area (Å²) >= 11 is 0. The van der Waals surface area contributed by atoms with Crippen molar-refractivity contribution in [3.63, 3.8) is 0 Å². The number of carbonyl (C=O) groups excluding carboxylic acids is 1. The first kappa shape index (κ1) is 22.7. The average molecular weight is 487 g/mol. The number of hydrogen-bond acceptors (Lipinski definition) is 5. The molecule has 4 N–H and O–H groups in total. The van der Waals surface area contributed by atoms with Gasteiger partial charge in [-0.1, -0.05) is 6.07 Å². The molecule has 0 spiro atoms. The van der Waals surface area contributed by atoms with Gasteiger partial charge in [0.15, 0.2) is 5.96 Å². The second-order valence-electron chi connectivity index (χ2n) is 5.58. The molecule has 0 atom stereocenters. The first-order chi connectivity index (χ1) is 12.6. The number of carbonyl (C=O) groups is 1. The molecule has 0 unspecified atom stereocenters. The molecule has 1 aromatic carbocycles. The number of aryl methyl sites for hydroxylation is 1. The molecule has 2 aromatic rings. The van der Waals surface area contributed by atoms with Gasteiger partial charge in [0.2, 0.25) is 0 Å². The van der Waals surface area contributed by atoms with Gasteiger partial charge in [0.05, 0.1) is 0 Å². The zero-order chi connectivity index (χ0) is 18.8. The van der Waals surface area contributed by atoms with Crippen LogP contribution in [0.25, 0.3) is 0 Å². The maximum absolute atomic E-state index is 12.0. The Morgan fingerprint density at radius 1 is 1.26 bits per heavy atom. The highest BCUT2D eigenvalue weighted by Gasteiger charge is 2.05. The number of aromatic hydroxyl groups is 1. The highest BCUT2D eigenvalue weighted by molar-refractivity contribution is 14.0. The largest absolute Gasteiger partial charge is 0.508 e. The zero-order valence-electron chi connectivity index (χ0n) is 15.5. The lowest BCUT2D eigenvalue weighted by atomic mass is 10.2. The second kappa shape index (κ2) is 12.1. The standard InChI is InChI=1S/C17H25N7O2.HI/c1-3-18-17(21-11-15-22-12-23-24(15)2)20-9-5-8-19-16(26)13-6-4-7-14(25)10-13;/h4,6-7,10,12,25H,3,5,8-9,11H2,1-2H3,(H,19,26)(H2,18,20,21);1H. The lowest BCUT2D eigenvalue weighted by Crippen LogP contribution is -2.38. The number of phenolic OH excluding ortho intramolecular Hbond substituents is 1. The van der Waals surface area contributed by atoms with Crippen LogP contribution in [0.5, 0.6) is 5.75 Å². The third-order valence-corrected chi connectivity index (χ3v) is 3.57. The van der Waals surface area contributed by atoms with Crippen molar-refractivity contribution < 1.29 is 9.90 Å². The number of amides is 1. The Morgan fingerprint density at radius 2 is 2.04 bits per heavy atom. The van der Waals surface area contributed by atoms with E-state index in [2.05, 4.69) is 31.0 Å². The van der Waals surface area contributed by atoms with Gasteiger partial charge in [-0.3, -0.25) is 9.48 Å². The van der Waals surface area contributed by atoms with E-state index in [1.165, 1.54) is 18.5 Å². The molecule has 1 heterocycles. The maximum Gasteiger partial charge on any atom is 0.251 e. The minimum atomic E-state index is -0.205. The van der Waals surface area contributed by atoms with Gasteiger partial charge >= 0.3 is 0 Å². The van der Waals surface area contributed by atoms with Crippen molar-refractivity contribution in [3.05, 3.63) is 42.0 Å². The summed E-state index contributed by atoms with van der Waals surface area (Å²) in [5.74, 6) is 1.34. The smallest absolute Gasteiger partial charge is 0.251 e. The lowest BCUT2D eigenvalue weighted by Gasteiger charge is -2.11. The minimum absolute atomic E-state index is 0. The Morgan fingerprint density at radius 3 is 2.70 bits per heavy atom. The number of nitrogens with zero attached hydrogens (tertiary/aromatic N) is 4. The fourth-order valence-corrected chi connectivity index (χ4v) is 2.20. The first-order valence-corrected chi connectivity index (χ1v) is 8.52. The van der Waals surface area contributed by atoms with Crippen LogP contribution in [0.15, 0.2) is 35.6 Å². The third kappa shape index (κ3) is 7.81. The van der Waals surface area contributed by atoms with E-state index in [-0.39, 0.29) is 35.6 Å². The summed E-state index contributed by atoms with van der Waals surface area (Å²) in [4.78, 5) is 20.6. The van der Waals surface area contributed by atoms with Gasteiger partial charge in [-0.25, -0.2) is 9.98 Å². The van der Waals surface area contributed by atoms with E-state index in [0.717, 1.165) is 18.8 Å². The van der Waals surface area contributed by atoms with Crippen molar-refractivity contribution in [1.82, 2.24) is 30.7 Å². The SMILES string of the molecule is CCNC(=NCc1ncnn1C)NCCCNC(=O)c1cccc(O)c1.I. The Labute approximate surface area is 175 Å². The molecule has 10 heteroatoms. The average Bonchev–Trinajstić information content (AvgIpc) is 3.04. The summed E-state index contributed by atoms with van der Waals surface area (Å²) in [6.45, 7) is 4.35. The van der Waals surface area contributed by atoms with E-state index >= 15 is 0 Å². The Balaban J connectivity index is 0.00000364. The van der Waals surface area contributed by atoms with Crippen molar-refractivity contribution >= 4 is 35.8 Å². The van der Waals surface area contributed by atoms with Crippen molar-refractivity contribution in [3.8, 4) is 5.75 Å². The molecule has 0 fully saturated rings. The second-order valence-corrected chi connectivity index (χ2v) is 5.58. The third-order valence-electron chi connectivity index (χ3n) is 3.57. The van der Waals surface area contributed by atoms with E-state index in [1.54, 1.807) is 16.8 Å². The molecule has 0 aliphatic heterocycles. The van der Waals surface area contributed by atoms with Gasteiger partial charge < -0.3 is 21.1 Å². The van der Waals surface area contributed by atoms with Crippen LogP contribution in [-0.2, 0) is 13.6 Å². The van der Waals surface area contributed by atoms with E-state index in [4.69, 9.17) is 0 Å². The van der Waals surface area contributed by atoms with Crippen LogP contribution in [0.3, 0.4) is 0 Å². The van der Waals surface area contributed by atoms with Crippen LogP contribution in [0.4, 0.5) is 0 Å². The van der Waals surface area contributed by atoms with Crippen molar-refractivity contribution in [2.75, 3.05) is 19.6 Å². The molecule has 0 saturated heterocycles. The summed E-state index contributed by atoms with van der Waals surface area (Å²) < 4.78 is 1.68. The first-order valence-electron chi connectivity index (χ1n) is 8.52. The summed E-state index contributed by atoms with van der Waals surface area (Å²) in [7, 11) is 1.83. The number of hydrogen-bond donors (Lipinski definition) is 4. The summed E-state index contributed by atoms with van der Waals surface area (Å²) in [6, 6.07) is 6.27. The molecule has 27 heavy (non-hydrogen) atoms. The van der Waals surface area contributed by atoms with Crippen LogP contribution >= 0.6 is 24.0 Å². The minimum Gasteiger partial charge on any atom is -0.508 e. The van der Waals surface area contributed by atoms with Crippen molar-refractivity contribution in [2.24, 2.45) is 12.0 Å². The molecule has 148 valence electrons. The number of rotatable bonds is 8. The van der Waals surface area contributed by atoms with E-state index < -0.39 is 0 Å². The van der Waals surface area contributed by atoms with Crippen LogP contribution in [0, 0.1) is 0 Å². The number of phenols is 1. The van der Waals surface area contributed by atoms with Gasteiger partial charge in [-0.2, -0.15) is 5.10 Å². The molecule has 0 saturated carbocycles. The molecule has 0 aliphatic carbocycles. The predicted molar refractivity (Wildman–Crippen MR) is 114 cm³/mol. The predicted octanol–water partition coefficient (Wildman–Crippen LogP) is 1.01. The fraction of sp³-hybridized carbons (Fsp3) is 0.412. The lowest BCUT2D eigenvalue weighted by molar-refractivity contribution is 0.0953. The van der Waals surface area contributed by atoms with Gasteiger partial charge in [-0.15, -0.1) is 24.0 Å². The van der Waals surface area contributed by atoms with Crippen molar-refractivity contribution in [1.29, 1.82) is 0 Å². The number of nitrogens with one attached hydrogen (secondary N) is 3. The Hall–Kier alpha value is -2.37. The number of guanidine groups is 1. The van der Waals surface area contributed by atoms with E-state index in [1.807, 2.05) is 14.0 Å². The topological polar surface area (TPSA) is 116 Å². The monoisotopic (exact) mass is 487 g/mol. The van der Waals surface area contributed by atoms with Crippen LogP contribution < -0.4 is 16.0 Å². The number of benzene rings is 1. The Bertz CT molecular complexity index is 748. The normalized spacial score (nSPS) is 10.8. The Kier molecular flexibility index (Phi) is 10.2. The molecule has 9 nitrogen and oxygen atoms in total. The number of aromatic nitrogens is 3. The summed E-state index contributed by atoms with van der Waals surface area (Å²) in [5.41, 5.74) is 0.441. The molecule has 0 bridgehead atoms. The van der Waals surface area contributed by atoms with Crippen LogP contribution in [-0.4, -0.2) is 51.4 Å². The molecular formula is C17H26IN7O2. The van der Waals surface area contributed by atoms with E-state index in [0.29, 0.717) is 31.2 Å². The zero-order valence-corrected chi connectivity index (χ0v) is 17.8. The molecule has 0 radical (unpaired) electrons. The maximum atomic E-state index is 12.0. The van der Waals surface area contributed by atoms with Crippen LogP contribution in [0.1, 0.15) is 29.5 Å². The molecule has 1 amide bonds. The van der Waals surface area contributed by atoms with Crippen LogP contribution in [0.2, 0.25) is 0 Å². The molecule has 2 rings (SSSR count). The molecular weight excluding hydrogens is 461 g/mol. The number of aliphatic imine (C=N–C) groups is 1. The van der Waals surface area contributed by atoms with Gasteiger partial charge in [0.25, 0.3) is 5.91 Å². The fourth-order valence-electron chi connectivity index (χ4n) is 2.20. The highest BCUT2D eigenvalue weighted by atomic mass is 127.